The fourth-order valence-electron chi connectivity index (χ4n) is 3.03. The standard InChI is InChI=1S/C19H17N3O4S/c1-2-17-18(13-5-6-14-11-26-16(14)9-13)20-21(19(23)27-17)10-12-3-7-15(8-4-12)22(24)25/h3-9,17H,2,10-11H2,1H3. The molecular weight excluding hydrogens is 366 g/mol. The van der Waals surface area contributed by atoms with Gasteiger partial charge in [0.15, 0.2) is 0 Å². The van der Waals surface area contributed by atoms with Gasteiger partial charge in [-0.3, -0.25) is 14.9 Å². The maximum Gasteiger partial charge on any atom is 0.302 e. The lowest BCUT2D eigenvalue weighted by atomic mass is 10.0. The van der Waals surface area contributed by atoms with Crippen molar-refractivity contribution in [1.29, 1.82) is 0 Å². The van der Waals surface area contributed by atoms with E-state index in [9.17, 15) is 14.9 Å². The molecule has 2 aromatic rings. The Morgan fingerprint density at radius 1 is 1.30 bits per heavy atom. The Hall–Kier alpha value is -2.87. The minimum atomic E-state index is -0.443. The molecule has 1 atom stereocenters. The molecule has 4 rings (SSSR count). The van der Waals surface area contributed by atoms with Gasteiger partial charge < -0.3 is 4.74 Å². The molecule has 0 fully saturated rings. The summed E-state index contributed by atoms with van der Waals surface area (Å²) < 4.78 is 5.45. The van der Waals surface area contributed by atoms with Gasteiger partial charge >= 0.3 is 5.24 Å². The summed E-state index contributed by atoms with van der Waals surface area (Å²) in [6, 6.07) is 12.2. The van der Waals surface area contributed by atoms with E-state index in [-0.39, 0.29) is 22.7 Å². The van der Waals surface area contributed by atoms with E-state index >= 15 is 0 Å². The van der Waals surface area contributed by atoms with Gasteiger partial charge in [0.1, 0.15) is 12.4 Å². The zero-order valence-electron chi connectivity index (χ0n) is 14.6. The minimum absolute atomic E-state index is 0.0104. The summed E-state index contributed by atoms with van der Waals surface area (Å²) in [4.78, 5) is 22.8. The summed E-state index contributed by atoms with van der Waals surface area (Å²) in [5.74, 6) is 0.869. The van der Waals surface area contributed by atoms with E-state index in [1.807, 2.05) is 25.1 Å². The van der Waals surface area contributed by atoms with Crippen LogP contribution >= 0.6 is 11.8 Å². The SMILES string of the molecule is CCC1SC(=O)N(Cc2ccc([N+](=O)[O-])cc2)N=C1c1ccc2c(c1)OC2. The molecule has 1 amide bonds. The van der Waals surface area contributed by atoms with E-state index < -0.39 is 4.92 Å². The van der Waals surface area contributed by atoms with E-state index in [4.69, 9.17) is 4.74 Å². The molecular formula is C19H17N3O4S. The van der Waals surface area contributed by atoms with Gasteiger partial charge in [-0.2, -0.15) is 5.10 Å². The lowest BCUT2D eigenvalue weighted by molar-refractivity contribution is -0.384. The number of hydrogen-bond acceptors (Lipinski definition) is 6. The molecule has 0 saturated carbocycles. The average molecular weight is 383 g/mol. The molecule has 0 bridgehead atoms. The van der Waals surface area contributed by atoms with Crippen molar-refractivity contribution >= 4 is 28.4 Å². The molecule has 0 aliphatic carbocycles. The van der Waals surface area contributed by atoms with Gasteiger partial charge in [-0.15, -0.1) is 0 Å². The number of carbonyl (C=O) groups excluding carboxylic acids is 1. The zero-order valence-corrected chi connectivity index (χ0v) is 15.4. The fraction of sp³-hybridized carbons (Fsp3) is 0.263. The first-order valence-electron chi connectivity index (χ1n) is 8.61. The molecule has 0 radical (unpaired) electrons. The van der Waals surface area contributed by atoms with Crippen molar-refractivity contribution in [3.05, 3.63) is 69.3 Å². The molecule has 27 heavy (non-hydrogen) atoms. The molecule has 7 nitrogen and oxygen atoms in total. The summed E-state index contributed by atoms with van der Waals surface area (Å²) in [6.45, 7) is 2.94. The Morgan fingerprint density at radius 3 is 2.67 bits per heavy atom. The number of amides is 1. The number of fused-ring (bicyclic) bond motifs is 1. The maximum absolute atomic E-state index is 12.5. The number of rotatable bonds is 5. The second-order valence-corrected chi connectivity index (χ2v) is 7.51. The first kappa shape index (κ1) is 17.5. The van der Waals surface area contributed by atoms with Crippen LogP contribution in [0.4, 0.5) is 10.5 Å². The van der Waals surface area contributed by atoms with Crippen molar-refractivity contribution in [1.82, 2.24) is 5.01 Å². The predicted molar refractivity (Wildman–Crippen MR) is 103 cm³/mol. The number of nitro benzene ring substituents is 1. The molecule has 0 N–H and O–H groups in total. The van der Waals surface area contributed by atoms with Crippen LogP contribution in [0, 0.1) is 10.1 Å². The summed E-state index contributed by atoms with van der Waals surface area (Å²) in [5, 5.41) is 16.7. The van der Waals surface area contributed by atoms with Crippen LogP contribution in [0.25, 0.3) is 0 Å². The Labute approximate surface area is 160 Å². The molecule has 0 aromatic heterocycles. The van der Waals surface area contributed by atoms with E-state index in [0.717, 1.165) is 29.0 Å². The van der Waals surface area contributed by atoms with Gasteiger partial charge in [0.2, 0.25) is 0 Å². The molecule has 2 aliphatic heterocycles. The molecule has 2 aromatic carbocycles. The minimum Gasteiger partial charge on any atom is -0.488 e. The first-order valence-corrected chi connectivity index (χ1v) is 9.49. The van der Waals surface area contributed by atoms with Crippen molar-refractivity contribution in [2.45, 2.75) is 31.7 Å². The van der Waals surface area contributed by atoms with Crippen molar-refractivity contribution in [2.75, 3.05) is 0 Å². The lowest BCUT2D eigenvalue weighted by Crippen LogP contribution is -2.35. The number of ether oxygens (including phenoxy) is 1. The number of carbonyl (C=O) groups is 1. The molecule has 138 valence electrons. The third kappa shape index (κ3) is 3.40. The van der Waals surface area contributed by atoms with Gasteiger partial charge in [-0.05, 0) is 18.1 Å². The summed E-state index contributed by atoms with van der Waals surface area (Å²) in [6.07, 6.45) is 0.790. The molecule has 2 heterocycles. The van der Waals surface area contributed by atoms with Gasteiger partial charge in [0, 0.05) is 23.3 Å². The summed E-state index contributed by atoms with van der Waals surface area (Å²) in [7, 11) is 0. The number of hydrogen-bond donors (Lipinski definition) is 0. The second-order valence-electron chi connectivity index (χ2n) is 6.36. The quantitative estimate of drug-likeness (QED) is 0.566. The number of thioether (sulfide) groups is 1. The predicted octanol–water partition coefficient (Wildman–Crippen LogP) is 4.34. The van der Waals surface area contributed by atoms with E-state index in [2.05, 4.69) is 5.10 Å². The molecule has 8 heteroatoms. The van der Waals surface area contributed by atoms with Crippen LogP contribution in [0.3, 0.4) is 0 Å². The third-order valence-electron chi connectivity index (χ3n) is 4.58. The molecule has 1 unspecified atom stereocenters. The molecule has 0 saturated heterocycles. The maximum atomic E-state index is 12.5. The van der Waals surface area contributed by atoms with Crippen LogP contribution < -0.4 is 4.74 Å². The highest BCUT2D eigenvalue weighted by Crippen LogP contribution is 2.34. The number of non-ortho nitro benzene ring substituents is 1. The van der Waals surface area contributed by atoms with E-state index in [1.54, 1.807) is 12.1 Å². The summed E-state index contributed by atoms with van der Waals surface area (Å²) in [5.41, 5.74) is 3.79. The van der Waals surface area contributed by atoms with Gasteiger partial charge in [-0.1, -0.05) is 43.0 Å². The highest BCUT2D eigenvalue weighted by atomic mass is 32.2. The van der Waals surface area contributed by atoms with Gasteiger partial charge in [0.05, 0.1) is 22.4 Å². The highest BCUT2D eigenvalue weighted by molar-refractivity contribution is 8.14. The zero-order chi connectivity index (χ0) is 19.0. The third-order valence-corrected chi connectivity index (χ3v) is 5.84. The molecule has 2 aliphatic rings. The number of nitrogens with zero attached hydrogens (tertiary/aromatic N) is 3. The van der Waals surface area contributed by atoms with Gasteiger partial charge in [0.25, 0.3) is 5.69 Å². The van der Waals surface area contributed by atoms with Crippen molar-refractivity contribution in [3.63, 3.8) is 0 Å². The van der Waals surface area contributed by atoms with E-state index in [1.165, 1.54) is 34.5 Å². The van der Waals surface area contributed by atoms with E-state index in [0.29, 0.717) is 6.61 Å². The number of benzene rings is 2. The number of hydrazone groups is 1. The van der Waals surface area contributed by atoms with Crippen LogP contribution in [0.2, 0.25) is 0 Å². The number of nitro groups is 1. The van der Waals surface area contributed by atoms with Crippen molar-refractivity contribution in [2.24, 2.45) is 5.10 Å². The second kappa shape index (κ2) is 7.03. The van der Waals surface area contributed by atoms with Crippen LogP contribution in [0.15, 0.2) is 47.6 Å². The Morgan fingerprint density at radius 2 is 2.07 bits per heavy atom. The van der Waals surface area contributed by atoms with Crippen LogP contribution in [-0.2, 0) is 13.2 Å². The smallest absolute Gasteiger partial charge is 0.302 e. The summed E-state index contributed by atoms with van der Waals surface area (Å²) >= 11 is 1.26. The van der Waals surface area contributed by atoms with Crippen LogP contribution in [0.1, 0.15) is 30.0 Å². The largest absolute Gasteiger partial charge is 0.488 e. The van der Waals surface area contributed by atoms with Gasteiger partial charge in [-0.25, -0.2) is 5.01 Å². The Bertz CT molecular complexity index is 942. The Balaban J connectivity index is 1.62. The monoisotopic (exact) mass is 383 g/mol. The van der Waals surface area contributed by atoms with Crippen LogP contribution in [-0.4, -0.2) is 26.1 Å². The topological polar surface area (TPSA) is 85.0 Å². The lowest BCUT2D eigenvalue weighted by Gasteiger charge is -2.29. The first-order chi connectivity index (χ1) is 13.0. The van der Waals surface area contributed by atoms with Crippen molar-refractivity contribution < 1.29 is 14.5 Å². The highest BCUT2D eigenvalue weighted by Gasteiger charge is 2.31. The Kier molecular flexibility index (Phi) is 4.57. The van der Waals surface area contributed by atoms with Crippen LogP contribution in [0.5, 0.6) is 5.75 Å². The normalized spacial score (nSPS) is 18.3. The molecule has 0 spiro atoms. The van der Waals surface area contributed by atoms with Crippen molar-refractivity contribution in [3.8, 4) is 5.75 Å². The average Bonchev–Trinajstić information content (AvgIpc) is 2.64. The fourth-order valence-corrected chi connectivity index (χ4v) is 3.96.